The lowest BCUT2D eigenvalue weighted by molar-refractivity contribution is 0.475. The number of hydrogen-bond donors (Lipinski definition) is 0. The number of benzene rings is 2. The van der Waals surface area contributed by atoms with Gasteiger partial charge in [0.1, 0.15) is 11.5 Å². The summed E-state index contributed by atoms with van der Waals surface area (Å²) >= 11 is 11.8. The van der Waals surface area contributed by atoms with Gasteiger partial charge in [0.15, 0.2) is 0 Å². The van der Waals surface area contributed by atoms with Crippen molar-refractivity contribution in [2.45, 2.75) is 5.33 Å². The topological polar surface area (TPSA) is 9.23 Å². The van der Waals surface area contributed by atoms with Crippen LogP contribution in [0.15, 0.2) is 42.5 Å². The van der Waals surface area contributed by atoms with Crippen LogP contribution in [0, 0.1) is 3.57 Å². The van der Waals surface area contributed by atoms with Crippen LogP contribution in [0.25, 0.3) is 0 Å². The highest BCUT2D eigenvalue weighted by molar-refractivity contribution is 14.1. The smallest absolute Gasteiger partial charge is 0.140 e. The number of hydrogen-bond acceptors (Lipinski definition) is 1. The molecule has 0 aromatic heterocycles. The molecule has 0 aliphatic heterocycles. The second-order valence-corrected chi connectivity index (χ2v) is 5.51. The van der Waals surface area contributed by atoms with Gasteiger partial charge in [-0.15, -0.1) is 0 Å². The van der Waals surface area contributed by atoms with Crippen LogP contribution >= 0.6 is 50.1 Å². The summed E-state index contributed by atoms with van der Waals surface area (Å²) in [5, 5.41) is 1.39. The molecule has 0 aliphatic carbocycles. The van der Waals surface area contributed by atoms with Crippen LogP contribution in [0.3, 0.4) is 0 Å². The number of rotatable bonds is 3. The molecule has 1 nitrogen and oxygen atoms in total. The fourth-order valence-electron chi connectivity index (χ4n) is 1.41. The van der Waals surface area contributed by atoms with E-state index in [2.05, 4.69) is 38.5 Å². The average molecular weight is 423 g/mol. The van der Waals surface area contributed by atoms with Gasteiger partial charge in [0.2, 0.25) is 0 Å². The zero-order valence-electron chi connectivity index (χ0n) is 8.79. The summed E-state index contributed by atoms with van der Waals surface area (Å²) in [4.78, 5) is 0. The van der Waals surface area contributed by atoms with Crippen molar-refractivity contribution < 1.29 is 4.74 Å². The number of ether oxygens (including phenoxy) is 1. The number of alkyl halides is 1. The maximum Gasteiger partial charge on any atom is 0.140 e. The Morgan fingerprint density at radius 3 is 2.47 bits per heavy atom. The molecule has 2 aromatic carbocycles. The molecule has 0 aliphatic rings. The molecule has 4 heteroatoms. The predicted octanol–water partition coefficient (Wildman–Crippen LogP) is 5.63. The van der Waals surface area contributed by atoms with Crippen LogP contribution in [0.5, 0.6) is 11.5 Å². The zero-order chi connectivity index (χ0) is 12.3. The molecule has 0 atom stereocenters. The van der Waals surface area contributed by atoms with Gasteiger partial charge in [-0.1, -0.05) is 45.7 Å². The summed E-state index contributed by atoms with van der Waals surface area (Å²) in [6.07, 6.45) is 0. The molecule has 2 aromatic rings. The van der Waals surface area contributed by atoms with E-state index < -0.39 is 0 Å². The Labute approximate surface area is 127 Å². The van der Waals surface area contributed by atoms with Crippen LogP contribution in [-0.4, -0.2) is 0 Å². The van der Waals surface area contributed by atoms with Crippen molar-refractivity contribution in [3.05, 3.63) is 56.6 Å². The second kappa shape index (κ2) is 6.07. The van der Waals surface area contributed by atoms with E-state index in [9.17, 15) is 0 Å². The molecule has 0 spiro atoms. The van der Waals surface area contributed by atoms with E-state index >= 15 is 0 Å². The van der Waals surface area contributed by atoms with Gasteiger partial charge in [0, 0.05) is 15.9 Å². The van der Waals surface area contributed by atoms with Gasteiger partial charge >= 0.3 is 0 Å². The fourth-order valence-corrected chi connectivity index (χ4v) is 2.88. The molecule has 0 N–H and O–H groups in total. The minimum atomic E-state index is 0.672. The second-order valence-electron chi connectivity index (χ2n) is 3.38. The van der Waals surface area contributed by atoms with Gasteiger partial charge in [-0.05, 0) is 46.9 Å². The van der Waals surface area contributed by atoms with Crippen LogP contribution < -0.4 is 4.74 Å². The third kappa shape index (κ3) is 3.14. The Morgan fingerprint density at radius 1 is 1.06 bits per heavy atom. The van der Waals surface area contributed by atoms with Gasteiger partial charge in [0.25, 0.3) is 0 Å². The zero-order valence-corrected chi connectivity index (χ0v) is 13.3. The Kier molecular flexibility index (Phi) is 4.70. The van der Waals surface area contributed by atoms with E-state index in [-0.39, 0.29) is 0 Å². The Hall–Kier alpha value is -0.260. The van der Waals surface area contributed by atoms with Crippen molar-refractivity contribution in [1.82, 2.24) is 0 Å². The lowest BCUT2D eigenvalue weighted by Crippen LogP contribution is -1.91. The molecule has 0 heterocycles. The predicted molar refractivity (Wildman–Crippen MR) is 83.3 cm³/mol. The van der Waals surface area contributed by atoms with E-state index in [0.29, 0.717) is 10.4 Å². The molecule has 17 heavy (non-hydrogen) atoms. The SMILES string of the molecule is Clc1cccc(Oc2ccccc2I)c1CBr. The molecule has 2 rings (SSSR count). The van der Waals surface area contributed by atoms with Crippen molar-refractivity contribution >= 4 is 50.1 Å². The summed E-state index contributed by atoms with van der Waals surface area (Å²) < 4.78 is 6.96. The highest BCUT2D eigenvalue weighted by Crippen LogP contribution is 2.33. The third-order valence-electron chi connectivity index (χ3n) is 2.27. The van der Waals surface area contributed by atoms with E-state index in [4.69, 9.17) is 16.3 Å². The van der Waals surface area contributed by atoms with Gasteiger partial charge in [-0.3, -0.25) is 0 Å². The first-order valence-electron chi connectivity index (χ1n) is 4.98. The third-order valence-corrected chi connectivity index (χ3v) is 4.07. The number of halogens is 3. The lowest BCUT2D eigenvalue weighted by Gasteiger charge is -2.11. The maximum atomic E-state index is 6.12. The summed E-state index contributed by atoms with van der Waals surface area (Å²) in [5.41, 5.74) is 0.966. The van der Waals surface area contributed by atoms with Crippen LogP contribution in [0.2, 0.25) is 5.02 Å². The fraction of sp³-hybridized carbons (Fsp3) is 0.0769. The Balaban J connectivity index is 2.37. The standard InChI is InChI=1S/C13H9BrClIO/c14-8-9-10(15)4-3-7-12(9)17-13-6-2-1-5-11(13)16/h1-7H,8H2. The van der Waals surface area contributed by atoms with Crippen molar-refractivity contribution in [2.75, 3.05) is 0 Å². The number of para-hydroxylation sites is 1. The van der Waals surface area contributed by atoms with E-state index in [1.807, 2.05) is 42.5 Å². The minimum Gasteiger partial charge on any atom is -0.456 e. The molecule has 0 saturated heterocycles. The van der Waals surface area contributed by atoms with Crippen LogP contribution in [0.4, 0.5) is 0 Å². The van der Waals surface area contributed by atoms with E-state index in [1.165, 1.54) is 0 Å². The van der Waals surface area contributed by atoms with Crippen molar-refractivity contribution in [3.8, 4) is 11.5 Å². The van der Waals surface area contributed by atoms with Gasteiger partial charge in [0.05, 0.1) is 3.57 Å². The molecular weight excluding hydrogens is 414 g/mol. The van der Waals surface area contributed by atoms with Crippen molar-refractivity contribution in [3.63, 3.8) is 0 Å². The van der Waals surface area contributed by atoms with Gasteiger partial charge in [-0.25, -0.2) is 0 Å². The van der Waals surface area contributed by atoms with Gasteiger partial charge in [-0.2, -0.15) is 0 Å². The quantitative estimate of drug-likeness (QED) is 0.459. The molecule has 0 bridgehead atoms. The summed E-state index contributed by atoms with van der Waals surface area (Å²) in [5.74, 6) is 1.64. The summed E-state index contributed by atoms with van der Waals surface area (Å²) in [7, 11) is 0. The largest absolute Gasteiger partial charge is 0.456 e. The van der Waals surface area contributed by atoms with E-state index in [1.54, 1.807) is 0 Å². The molecular formula is C13H9BrClIO. The maximum absolute atomic E-state index is 6.12. The summed E-state index contributed by atoms with van der Waals surface area (Å²) in [6.45, 7) is 0. The lowest BCUT2D eigenvalue weighted by atomic mass is 10.2. The highest BCUT2D eigenvalue weighted by Gasteiger charge is 2.09. The van der Waals surface area contributed by atoms with Crippen LogP contribution in [-0.2, 0) is 5.33 Å². The first-order chi connectivity index (χ1) is 8.22. The Morgan fingerprint density at radius 2 is 1.76 bits per heavy atom. The first kappa shape index (κ1) is 13.2. The molecule has 0 fully saturated rings. The molecule has 0 saturated carbocycles. The van der Waals surface area contributed by atoms with Crippen molar-refractivity contribution in [2.24, 2.45) is 0 Å². The first-order valence-corrected chi connectivity index (χ1v) is 7.56. The van der Waals surface area contributed by atoms with Crippen LogP contribution in [0.1, 0.15) is 5.56 Å². The molecule has 0 amide bonds. The highest BCUT2D eigenvalue weighted by atomic mass is 127. The minimum absolute atomic E-state index is 0.672. The Bertz CT molecular complexity index is 531. The molecule has 0 radical (unpaired) electrons. The average Bonchev–Trinajstić information content (AvgIpc) is 2.32. The molecule has 0 unspecified atom stereocenters. The van der Waals surface area contributed by atoms with Crippen molar-refractivity contribution in [1.29, 1.82) is 0 Å². The summed E-state index contributed by atoms with van der Waals surface area (Å²) in [6, 6.07) is 13.6. The van der Waals surface area contributed by atoms with E-state index in [0.717, 1.165) is 20.6 Å². The molecule has 88 valence electrons. The monoisotopic (exact) mass is 422 g/mol. The normalized spacial score (nSPS) is 10.3. The van der Waals surface area contributed by atoms with Gasteiger partial charge < -0.3 is 4.74 Å².